The Hall–Kier alpha value is -1.66. The van der Waals surface area contributed by atoms with E-state index in [-0.39, 0.29) is 6.42 Å². The molecule has 6 heteroatoms. The summed E-state index contributed by atoms with van der Waals surface area (Å²) in [5.41, 5.74) is 4.34. The van der Waals surface area contributed by atoms with Crippen LogP contribution in [0.2, 0.25) is 0 Å². The van der Waals surface area contributed by atoms with Gasteiger partial charge in [-0.3, -0.25) is 0 Å². The number of nitrogens with one attached hydrogen (secondary N) is 1. The van der Waals surface area contributed by atoms with Gasteiger partial charge in [0.1, 0.15) is 11.0 Å². The van der Waals surface area contributed by atoms with Crippen LogP contribution in [0, 0.1) is 6.92 Å². The van der Waals surface area contributed by atoms with E-state index >= 15 is 0 Å². The first-order chi connectivity index (χ1) is 8.00. The molecular formula is C11H16N4O2. The van der Waals surface area contributed by atoms with Gasteiger partial charge in [0.05, 0.1) is 0 Å². The number of aryl methyl sites for hydroxylation is 1. The summed E-state index contributed by atoms with van der Waals surface area (Å²) >= 11 is 0. The standard InChI is InChI=1S/C11H16N4O2/c1-6-10-8(12-14-13-10)4-7(5-9(16)17)11(6)15(2)3/h4,9,16-17H,5H2,1-3H3,(H,12,13,14). The Balaban J connectivity index is 2.66. The van der Waals surface area contributed by atoms with Gasteiger partial charge in [0.25, 0.3) is 0 Å². The average molecular weight is 236 g/mol. The van der Waals surface area contributed by atoms with Gasteiger partial charge in [0, 0.05) is 31.8 Å². The lowest BCUT2D eigenvalue weighted by Gasteiger charge is -2.20. The fourth-order valence-corrected chi connectivity index (χ4v) is 2.18. The molecule has 1 aromatic carbocycles. The zero-order chi connectivity index (χ0) is 12.6. The third-order valence-electron chi connectivity index (χ3n) is 2.75. The lowest BCUT2D eigenvalue weighted by molar-refractivity contribution is -0.0380. The normalized spacial score (nSPS) is 11.4. The van der Waals surface area contributed by atoms with E-state index in [4.69, 9.17) is 10.2 Å². The summed E-state index contributed by atoms with van der Waals surface area (Å²) in [6, 6.07) is 1.83. The second-order valence-corrected chi connectivity index (χ2v) is 4.28. The molecule has 0 aliphatic rings. The quantitative estimate of drug-likeness (QED) is 0.662. The first-order valence-corrected chi connectivity index (χ1v) is 5.37. The number of hydrogen-bond donors (Lipinski definition) is 3. The van der Waals surface area contributed by atoms with Crippen LogP contribution in [0.1, 0.15) is 11.1 Å². The number of hydrogen-bond acceptors (Lipinski definition) is 5. The molecule has 0 radical (unpaired) electrons. The van der Waals surface area contributed by atoms with Crippen molar-refractivity contribution in [1.82, 2.24) is 15.4 Å². The minimum absolute atomic E-state index is 0.178. The number of H-pyrrole nitrogens is 1. The van der Waals surface area contributed by atoms with Crippen molar-refractivity contribution in [1.29, 1.82) is 0 Å². The van der Waals surface area contributed by atoms with Crippen LogP contribution >= 0.6 is 0 Å². The van der Waals surface area contributed by atoms with Gasteiger partial charge in [-0.2, -0.15) is 15.4 Å². The predicted octanol–water partition coefficient (Wildman–Crippen LogP) is 0.186. The molecule has 0 saturated heterocycles. The molecule has 6 nitrogen and oxygen atoms in total. The highest BCUT2D eigenvalue weighted by molar-refractivity contribution is 5.85. The zero-order valence-corrected chi connectivity index (χ0v) is 10.1. The van der Waals surface area contributed by atoms with Gasteiger partial charge in [0.2, 0.25) is 0 Å². The zero-order valence-electron chi connectivity index (χ0n) is 10.1. The molecular weight excluding hydrogens is 220 g/mol. The van der Waals surface area contributed by atoms with E-state index in [1.54, 1.807) is 0 Å². The molecule has 0 aliphatic heterocycles. The summed E-state index contributed by atoms with van der Waals surface area (Å²) in [4.78, 5) is 1.95. The molecule has 1 aromatic heterocycles. The monoisotopic (exact) mass is 236 g/mol. The molecule has 0 unspecified atom stereocenters. The minimum atomic E-state index is -1.36. The molecule has 0 spiro atoms. The van der Waals surface area contributed by atoms with Crippen molar-refractivity contribution in [3.8, 4) is 0 Å². The number of fused-ring (bicyclic) bond motifs is 1. The lowest BCUT2D eigenvalue weighted by atomic mass is 10.0. The minimum Gasteiger partial charge on any atom is -0.377 e. The van der Waals surface area contributed by atoms with Crippen molar-refractivity contribution in [2.75, 3.05) is 19.0 Å². The number of aliphatic hydroxyl groups is 2. The van der Waals surface area contributed by atoms with Gasteiger partial charge in [-0.25, -0.2) is 0 Å². The first kappa shape index (κ1) is 11.8. The molecule has 2 aromatic rings. The predicted molar refractivity (Wildman–Crippen MR) is 64.9 cm³/mol. The van der Waals surface area contributed by atoms with Gasteiger partial charge in [-0.15, -0.1) is 0 Å². The van der Waals surface area contributed by atoms with E-state index in [2.05, 4.69) is 15.4 Å². The van der Waals surface area contributed by atoms with Crippen molar-refractivity contribution in [3.05, 3.63) is 17.2 Å². The number of aromatic nitrogens is 3. The maximum absolute atomic E-state index is 9.12. The molecule has 0 amide bonds. The molecule has 0 fully saturated rings. The van der Waals surface area contributed by atoms with Gasteiger partial charge >= 0.3 is 0 Å². The Labute approximate surface area is 98.9 Å². The summed E-state index contributed by atoms with van der Waals surface area (Å²) < 4.78 is 0. The molecule has 2 rings (SSSR count). The van der Waals surface area contributed by atoms with E-state index in [0.717, 1.165) is 27.8 Å². The molecule has 3 N–H and O–H groups in total. The maximum atomic E-state index is 9.12. The van der Waals surface area contributed by atoms with Crippen LogP contribution in [0.4, 0.5) is 5.69 Å². The van der Waals surface area contributed by atoms with E-state index in [1.807, 2.05) is 32.0 Å². The largest absolute Gasteiger partial charge is 0.377 e. The van der Waals surface area contributed by atoms with Crippen molar-refractivity contribution >= 4 is 16.7 Å². The fourth-order valence-electron chi connectivity index (χ4n) is 2.18. The number of rotatable bonds is 3. The van der Waals surface area contributed by atoms with E-state index in [1.165, 1.54) is 0 Å². The number of anilines is 1. The second kappa shape index (κ2) is 4.31. The van der Waals surface area contributed by atoms with Gasteiger partial charge in [-0.05, 0) is 18.6 Å². The van der Waals surface area contributed by atoms with Crippen LogP contribution in [0.5, 0.6) is 0 Å². The summed E-state index contributed by atoms with van der Waals surface area (Å²) in [5.74, 6) is 0. The van der Waals surface area contributed by atoms with Crippen molar-refractivity contribution < 1.29 is 10.2 Å². The van der Waals surface area contributed by atoms with E-state index in [9.17, 15) is 0 Å². The summed E-state index contributed by atoms with van der Waals surface area (Å²) in [6.45, 7) is 1.95. The Morgan fingerprint density at radius 2 is 2.06 bits per heavy atom. The van der Waals surface area contributed by atoms with Crippen LogP contribution in [-0.4, -0.2) is 46.0 Å². The number of aliphatic hydroxyl groups excluding tert-OH is 1. The maximum Gasteiger partial charge on any atom is 0.155 e. The molecule has 1 heterocycles. The van der Waals surface area contributed by atoms with E-state index in [0.29, 0.717) is 0 Å². The number of benzene rings is 1. The summed E-state index contributed by atoms with van der Waals surface area (Å²) in [7, 11) is 3.84. The van der Waals surface area contributed by atoms with Gasteiger partial charge < -0.3 is 15.1 Å². The van der Waals surface area contributed by atoms with Crippen LogP contribution in [0.25, 0.3) is 11.0 Å². The highest BCUT2D eigenvalue weighted by atomic mass is 16.5. The second-order valence-electron chi connectivity index (χ2n) is 4.28. The highest BCUT2D eigenvalue weighted by Gasteiger charge is 2.16. The van der Waals surface area contributed by atoms with Crippen LogP contribution in [0.15, 0.2) is 6.07 Å². The molecule has 0 bridgehead atoms. The summed E-state index contributed by atoms with van der Waals surface area (Å²) in [6.07, 6.45) is -1.19. The molecule has 92 valence electrons. The van der Waals surface area contributed by atoms with Crippen molar-refractivity contribution in [3.63, 3.8) is 0 Å². The van der Waals surface area contributed by atoms with Crippen molar-refractivity contribution in [2.24, 2.45) is 0 Å². The third kappa shape index (κ3) is 2.09. The summed E-state index contributed by atoms with van der Waals surface area (Å²) in [5, 5.41) is 28.9. The van der Waals surface area contributed by atoms with Gasteiger partial charge in [-0.1, -0.05) is 0 Å². The number of nitrogens with zero attached hydrogens (tertiary/aromatic N) is 3. The van der Waals surface area contributed by atoms with Crippen LogP contribution in [0.3, 0.4) is 0 Å². The highest BCUT2D eigenvalue weighted by Crippen LogP contribution is 2.30. The van der Waals surface area contributed by atoms with Crippen molar-refractivity contribution in [2.45, 2.75) is 19.6 Å². The van der Waals surface area contributed by atoms with Crippen LogP contribution < -0.4 is 4.90 Å². The Morgan fingerprint density at radius 1 is 1.35 bits per heavy atom. The molecule has 0 atom stereocenters. The Bertz CT molecular complexity index is 533. The Morgan fingerprint density at radius 3 is 2.65 bits per heavy atom. The SMILES string of the molecule is Cc1c(N(C)C)c(CC(O)O)cc2n[nH]nc12. The first-order valence-electron chi connectivity index (χ1n) is 5.37. The topological polar surface area (TPSA) is 85.3 Å². The fraction of sp³-hybridized carbons (Fsp3) is 0.455. The van der Waals surface area contributed by atoms with Crippen LogP contribution in [-0.2, 0) is 6.42 Å². The number of aromatic amines is 1. The van der Waals surface area contributed by atoms with Gasteiger partial charge in [0.15, 0.2) is 6.29 Å². The molecule has 17 heavy (non-hydrogen) atoms. The third-order valence-corrected chi connectivity index (χ3v) is 2.75. The lowest BCUT2D eigenvalue weighted by Crippen LogP contribution is -2.17. The Kier molecular flexibility index (Phi) is 2.99. The molecule has 0 saturated carbocycles. The molecule has 0 aliphatic carbocycles. The smallest absolute Gasteiger partial charge is 0.155 e. The average Bonchev–Trinajstić information content (AvgIpc) is 2.64. The van der Waals surface area contributed by atoms with E-state index < -0.39 is 6.29 Å².